The van der Waals surface area contributed by atoms with Crippen LogP contribution in [0.4, 0.5) is 5.82 Å². The first-order valence-corrected chi connectivity index (χ1v) is 10.3. The van der Waals surface area contributed by atoms with E-state index in [0.29, 0.717) is 28.8 Å². The van der Waals surface area contributed by atoms with Gasteiger partial charge < -0.3 is 10.6 Å². The zero-order valence-electron chi connectivity index (χ0n) is 15.2. The summed E-state index contributed by atoms with van der Waals surface area (Å²) in [5.41, 5.74) is 1.29. The van der Waals surface area contributed by atoms with E-state index in [2.05, 4.69) is 32.6 Å². The number of carbonyl (C=O) groups is 1. The summed E-state index contributed by atoms with van der Waals surface area (Å²) in [6, 6.07) is 6.86. The Kier molecular flexibility index (Phi) is 6.52. The number of halogens is 1. The van der Waals surface area contributed by atoms with Gasteiger partial charge in [0.25, 0.3) is 5.91 Å². The van der Waals surface area contributed by atoms with Gasteiger partial charge in [0.15, 0.2) is 10.8 Å². The molecule has 2 aromatic heterocycles. The molecule has 0 saturated carbocycles. The molecule has 0 radical (unpaired) electrons. The highest BCUT2D eigenvalue weighted by molar-refractivity contribution is 7.98. The maximum atomic E-state index is 12.2. The Morgan fingerprint density at radius 1 is 1.30 bits per heavy atom. The molecule has 7 nitrogen and oxygen atoms in total. The van der Waals surface area contributed by atoms with E-state index in [-0.39, 0.29) is 5.91 Å². The fourth-order valence-electron chi connectivity index (χ4n) is 2.58. The Morgan fingerprint density at radius 2 is 2.15 bits per heavy atom. The Morgan fingerprint density at radius 3 is 2.89 bits per heavy atom. The van der Waals surface area contributed by atoms with Crippen molar-refractivity contribution in [3.05, 3.63) is 41.0 Å². The summed E-state index contributed by atoms with van der Waals surface area (Å²) in [7, 11) is 0. The first-order valence-electron chi connectivity index (χ1n) is 8.67. The lowest BCUT2D eigenvalue weighted by atomic mass is 10.2. The molecule has 0 fully saturated rings. The molecule has 1 amide bonds. The van der Waals surface area contributed by atoms with E-state index in [1.54, 1.807) is 35.1 Å². The van der Waals surface area contributed by atoms with Crippen LogP contribution in [0.3, 0.4) is 0 Å². The first kappa shape index (κ1) is 19.4. The quantitative estimate of drug-likeness (QED) is 0.442. The van der Waals surface area contributed by atoms with Crippen LogP contribution in [0.15, 0.2) is 35.6 Å². The molecule has 1 aromatic carbocycles. The van der Waals surface area contributed by atoms with E-state index in [9.17, 15) is 4.79 Å². The predicted octanol–water partition coefficient (Wildman–Crippen LogP) is 3.45. The van der Waals surface area contributed by atoms with Gasteiger partial charge in [-0.2, -0.15) is 5.10 Å². The zero-order valence-corrected chi connectivity index (χ0v) is 16.8. The first-order chi connectivity index (χ1) is 13.1. The van der Waals surface area contributed by atoms with Gasteiger partial charge in [-0.05, 0) is 30.9 Å². The third kappa shape index (κ3) is 4.70. The van der Waals surface area contributed by atoms with Gasteiger partial charge in [0.2, 0.25) is 0 Å². The second-order valence-electron chi connectivity index (χ2n) is 5.86. The SMILES string of the molecule is CCCNc1nc(SC)nc2c1cnn2CCNC(=O)c1cccc(Cl)c1. The van der Waals surface area contributed by atoms with Gasteiger partial charge in [-0.1, -0.05) is 36.4 Å². The van der Waals surface area contributed by atoms with Crippen LogP contribution in [0.25, 0.3) is 11.0 Å². The number of nitrogens with zero attached hydrogens (tertiary/aromatic N) is 4. The van der Waals surface area contributed by atoms with Crippen LogP contribution in [0.1, 0.15) is 23.7 Å². The number of carbonyl (C=O) groups excluding carboxylic acids is 1. The highest BCUT2D eigenvalue weighted by Crippen LogP contribution is 2.23. The summed E-state index contributed by atoms with van der Waals surface area (Å²) in [6.45, 7) is 3.88. The molecule has 142 valence electrons. The van der Waals surface area contributed by atoms with Crippen molar-refractivity contribution >= 4 is 46.1 Å². The molecule has 0 bridgehead atoms. The van der Waals surface area contributed by atoms with E-state index in [1.807, 2.05) is 6.26 Å². The number of fused-ring (bicyclic) bond motifs is 1. The van der Waals surface area contributed by atoms with Crippen LogP contribution in [0.2, 0.25) is 5.02 Å². The van der Waals surface area contributed by atoms with Crippen LogP contribution in [-0.4, -0.2) is 45.0 Å². The molecular formula is C18H21ClN6OS. The van der Waals surface area contributed by atoms with Crippen LogP contribution < -0.4 is 10.6 Å². The van der Waals surface area contributed by atoms with E-state index >= 15 is 0 Å². The summed E-state index contributed by atoms with van der Waals surface area (Å²) in [4.78, 5) is 21.3. The molecule has 0 aliphatic carbocycles. The molecule has 0 saturated heterocycles. The Hall–Kier alpha value is -2.32. The average molecular weight is 405 g/mol. The highest BCUT2D eigenvalue weighted by atomic mass is 35.5. The number of hydrogen-bond acceptors (Lipinski definition) is 6. The Labute approximate surface area is 166 Å². The Bertz CT molecular complexity index is 945. The second kappa shape index (κ2) is 9.05. The summed E-state index contributed by atoms with van der Waals surface area (Å²) in [6.07, 6.45) is 4.71. The number of hydrogen-bond donors (Lipinski definition) is 2. The molecule has 0 spiro atoms. The number of aromatic nitrogens is 4. The maximum absolute atomic E-state index is 12.2. The number of benzene rings is 1. The topological polar surface area (TPSA) is 84.7 Å². The molecular weight excluding hydrogens is 384 g/mol. The number of amides is 1. The van der Waals surface area contributed by atoms with Gasteiger partial charge in [-0.15, -0.1) is 0 Å². The minimum Gasteiger partial charge on any atom is -0.369 e. The molecule has 3 aromatic rings. The monoisotopic (exact) mass is 404 g/mol. The number of anilines is 1. The van der Waals surface area contributed by atoms with Crippen molar-refractivity contribution in [2.45, 2.75) is 25.0 Å². The third-order valence-corrected chi connectivity index (χ3v) is 4.68. The smallest absolute Gasteiger partial charge is 0.251 e. The van der Waals surface area contributed by atoms with E-state index < -0.39 is 0 Å². The van der Waals surface area contributed by atoms with Crippen molar-refractivity contribution < 1.29 is 4.79 Å². The lowest BCUT2D eigenvalue weighted by Crippen LogP contribution is -2.27. The molecule has 0 aliphatic rings. The van der Waals surface area contributed by atoms with Gasteiger partial charge in [-0.3, -0.25) is 4.79 Å². The molecule has 0 atom stereocenters. The van der Waals surface area contributed by atoms with Crippen molar-refractivity contribution in [3.8, 4) is 0 Å². The minimum atomic E-state index is -0.168. The zero-order chi connectivity index (χ0) is 19.2. The van der Waals surface area contributed by atoms with Crippen molar-refractivity contribution in [2.75, 3.05) is 24.7 Å². The Balaban J connectivity index is 1.72. The third-order valence-electron chi connectivity index (χ3n) is 3.90. The predicted molar refractivity (Wildman–Crippen MR) is 110 cm³/mol. The van der Waals surface area contributed by atoms with E-state index in [0.717, 1.165) is 29.8 Å². The number of rotatable bonds is 8. The molecule has 2 N–H and O–H groups in total. The normalized spacial score (nSPS) is 10.9. The lowest BCUT2D eigenvalue weighted by molar-refractivity contribution is 0.0952. The molecule has 27 heavy (non-hydrogen) atoms. The van der Waals surface area contributed by atoms with Crippen molar-refractivity contribution in [3.63, 3.8) is 0 Å². The largest absolute Gasteiger partial charge is 0.369 e. The number of nitrogens with one attached hydrogen (secondary N) is 2. The fourth-order valence-corrected chi connectivity index (χ4v) is 3.13. The molecule has 2 heterocycles. The molecule has 3 rings (SSSR count). The molecule has 0 aliphatic heterocycles. The maximum Gasteiger partial charge on any atom is 0.251 e. The van der Waals surface area contributed by atoms with Gasteiger partial charge in [0.1, 0.15) is 5.82 Å². The van der Waals surface area contributed by atoms with Crippen molar-refractivity contribution in [2.24, 2.45) is 0 Å². The van der Waals surface area contributed by atoms with E-state index in [4.69, 9.17) is 11.6 Å². The average Bonchev–Trinajstić information content (AvgIpc) is 3.09. The van der Waals surface area contributed by atoms with Gasteiger partial charge in [0.05, 0.1) is 18.1 Å². The van der Waals surface area contributed by atoms with E-state index in [1.165, 1.54) is 11.8 Å². The molecule has 9 heteroatoms. The van der Waals surface area contributed by atoms with Crippen molar-refractivity contribution in [1.29, 1.82) is 0 Å². The van der Waals surface area contributed by atoms with Crippen LogP contribution in [-0.2, 0) is 6.54 Å². The van der Waals surface area contributed by atoms with Crippen LogP contribution in [0, 0.1) is 0 Å². The molecule has 0 unspecified atom stereocenters. The summed E-state index contributed by atoms with van der Waals surface area (Å²) >= 11 is 7.42. The van der Waals surface area contributed by atoms with Gasteiger partial charge in [-0.25, -0.2) is 14.6 Å². The van der Waals surface area contributed by atoms with Gasteiger partial charge in [0, 0.05) is 23.7 Å². The summed E-state index contributed by atoms with van der Waals surface area (Å²) < 4.78 is 1.78. The standard InChI is InChI=1S/C18H21ClN6OS/c1-3-7-20-15-14-11-22-25(16(14)24-18(23-15)27-2)9-8-21-17(26)12-5-4-6-13(19)10-12/h4-6,10-11H,3,7-9H2,1-2H3,(H,21,26)(H,20,23,24). The van der Waals surface area contributed by atoms with Crippen LogP contribution in [0.5, 0.6) is 0 Å². The number of thioether (sulfide) groups is 1. The van der Waals surface area contributed by atoms with Crippen LogP contribution >= 0.6 is 23.4 Å². The van der Waals surface area contributed by atoms with Crippen molar-refractivity contribution in [1.82, 2.24) is 25.1 Å². The van der Waals surface area contributed by atoms with Gasteiger partial charge >= 0.3 is 0 Å². The highest BCUT2D eigenvalue weighted by Gasteiger charge is 2.13. The summed E-state index contributed by atoms with van der Waals surface area (Å²) in [5, 5.41) is 12.7. The summed E-state index contributed by atoms with van der Waals surface area (Å²) in [5.74, 6) is 0.624. The fraction of sp³-hybridized carbons (Fsp3) is 0.333. The minimum absolute atomic E-state index is 0.168. The second-order valence-corrected chi connectivity index (χ2v) is 7.07. The lowest BCUT2D eigenvalue weighted by Gasteiger charge is -2.09.